The third kappa shape index (κ3) is 3.32. The summed E-state index contributed by atoms with van der Waals surface area (Å²) in [4.78, 5) is 20.8. The molecule has 4 rings (SSSR count). The van der Waals surface area contributed by atoms with Crippen molar-refractivity contribution in [1.29, 1.82) is 0 Å². The zero-order valence-electron chi connectivity index (χ0n) is 14.0. The second kappa shape index (κ2) is 7.09. The monoisotopic (exact) mass is 373 g/mol. The smallest absolute Gasteiger partial charge is 0.259 e. The molecule has 0 N–H and O–H groups in total. The number of amides is 1. The molecule has 0 spiro atoms. The van der Waals surface area contributed by atoms with E-state index in [9.17, 15) is 13.6 Å². The average Bonchev–Trinajstić information content (AvgIpc) is 3.04. The molecule has 7 heteroatoms. The number of carbonyl (C=O) groups excluding carboxylic acids is 1. The zero-order valence-corrected chi connectivity index (χ0v) is 14.8. The molecule has 0 bridgehead atoms. The number of rotatable bonds is 3. The van der Waals surface area contributed by atoms with E-state index in [1.165, 1.54) is 11.0 Å². The summed E-state index contributed by atoms with van der Waals surface area (Å²) in [5, 5.41) is 1.03. The van der Waals surface area contributed by atoms with E-state index in [1.807, 2.05) is 18.2 Å². The number of halogens is 2. The van der Waals surface area contributed by atoms with Crippen LogP contribution in [-0.4, -0.2) is 46.9 Å². The summed E-state index contributed by atoms with van der Waals surface area (Å²) >= 11 is 1.67. The molecule has 0 aliphatic carbocycles. The van der Waals surface area contributed by atoms with Gasteiger partial charge in [-0.15, -0.1) is 11.3 Å². The van der Waals surface area contributed by atoms with Gasteiger partial charge in [0.15, 0.2) is 0 Å². The van der Waals surface area contributed by atoms with E-state index < -0.39 is 23.1 Å². The van der Waals surface area contributed by atoms with Gasteiger partial charge in [-0.1, -0.05) is 18.2 Å². The first-order chi connectivity index (χ1) is 12.6. The number of hydrogen-bond acceptors (Lipinski definition) is 4. The van der Waals surface area contributed by atoms with Gasteiger partial charge in [0.1, 0.15) is 22.2 Å². The number of nitrogens with zero attached hydrogens (tertiary/aromatic N) is 3. The van der Waals surface area contributed by atoms with E-state index >= 15 is 0 Å². The summed E-state index contributed by atoms with van der Waals surface area (Å²) in [5.74, 6) is -2.21. The van der Waals surface area contributed by atoms with Gasteiger partial charge in [-0.05, 0) is 24.3 Å². The van der Waals surface area contributed by atoms with Crippen LogP contribution in [0.3, 0.4) is 0 Å². The number of carbonyl (C=O) groups is 1. The zero-order chi connectivity index (χ0) is 18.1. The Morgan fingerprint density at radius 3 is 2.38 bits per heavy atom. The first-order valence-electron chi connectivity index (χ1n) is 8.42. The van der Waals surface area contributed by atoms with E-state index in [0.717, 1.165) is 33.9 Å². The van der Waals surface area contributed by atoms with Crippen LogP contribution in [0.2, 0.25) is 0 Å². The van der Waals surface area contributed by atoms with Gasteiger partial charge in [0.25, 0.3) is 5.91 Å². The lowest BCUT2D eigenvalue weighted by Gasteiger charge is -2.34. The van der Waals surface area contributed by atoms with Gasteiger partial charge in [0, 0.05) is 26.2 Å². The molecule has 0 unspecified atom stereocenters. The minimum atomic E-state index is -0.813. The van der Waals surface area contributed by atoms with Crippen molar-refractivity contribution in [3.8, 4) is 0 Å². The Morgan fingerprint density at radius 2 is 1.69 bits per heavy atom. The topological polar surface area (TPSA) is 36.4 Å². The first-order valence-corrected chi connectivity index (χ1v) is 9.23. The normalized spacial score (nSPS) is 15.5. The van der Waals surface area contributed by atoms with Crippen LogP contribution < -0.4 is 0 Å². The van der Waals surface area contributed by atoms with Gasteiger partial charge in [-0.3, -0.25) is 9.69 Å². The largest absolute Gasteiger partial charge is 0.336 e. The van der Waals surface area contributed by atoms with Gasteiger partial charge < -0.3 is 4.90 Å². The van der Waals surface area contributed by atoms with Crippen molar-refractivity contribution < 1.29 is 13.6 Å². The summed E-state index contributed by atoms with van der Waals surface area (Å²) < 4.78 is 28.8. The average molecular weight is 373 g/mol. The maximum Gasteiger partial charge on any atom is 0.259 e. The quantitative estimate of drug-likeness (QED) is 0.705. The van der Waals surface area contributed by atoms with E-state index in [0.29, 0.717) is 26.2 Å². The van der Waals surface area contributed by atoms with Gasteiger partial charge >= 0.3 is 0 Å². The predicted molar refractivity (Wildman–Crippen MR) is 97.2 cm³/mol. The Labute approximate surface area is 153 Å². The number of hydrogen-bond donors (Lipinski definition) is 0. The van der Waals surface area contributed by atoms with Crippen LogP contribution in [0.1, 0.15) is 15.4 Å². The molecule has 0 saturated carbocycles. The van der Waals surface area contributed by atoms with Gasteiger partial charge in [-0.2, -0.15) is 0 Å². The summed E-state index contributed by atoms with van der Waals surface area (Å²) in [6.07, 6.45) is 0. The molecule has 1 fully saturated rings. The summed E-state index contributed by atoms with van der Waals surface area (Å²) in [6.45, 7) is 2.90. The van der Waals surface area contributed by atoms with Crippen molar-refractivity contribution >= 4 is 27.5 Å². The fourth-order valence-electron chi connectivity index (χ4n) is 3.15. The Hall–Kier alpha value is -2.38. The maximum atomic E-state index is 13.8. The van der Waals surface area contributed by atoms with Crippen molar-refractivity contribution in [1.82, 2.24) is 14.8 Å². The maximum absolute atomic E-state index is 13.8. The Morgan fingerprint density at radius 1 is 1.00 bits per heavy atom. The second-order valence-electron chi connectivity index (χ2n) is 6.24. The first kappa shape index (κ1) is 17.1. The molecular weight excluding hydrogens is 356 g/mol. The molecule has 1 aromatic heterocycles. The van der Waals surface area contributed by atoms with Crippen LogP contribution >= 0.6 is 11.3 Å². The number of piperazine rings is 1. The number of fused-ring (bicyclic) bond motifs is 1. The van der Waals surface area contributed by atoms with Crippen LogP contribution in [0.15, 0.2) is 42.5 Å². The Bertz CT molecular complexity index is 898. The summed E-state index contributed by atoms with van der Waals surface area (Å²) in [5.41, 5.74) is 0.531. The van der Waals surface area contributed by atoms with Crippen LogP contribution in [0.25, 0.3) is 10.2 Å². The molecule has 26 heavy (non-hydrogen) atoms. The van der Waals surface area contributed by atoms with E-state index in [2.05, 4.69) is 16.0 Å². The molecule has 1 aliphatic rings. The Balaban J connectivity index is 1.40. The highest BCUT2D eigenvalue weighted by Gasteiger charge is 2.26. The lowest BCUT2D eigenvalue weighted by atomic mass is 10.1. The van der Waals surface area contributed by atoms with Gasteiger partial charge in [0.05, 0.1) is 16.8 Å². The number of benzene rings is 2. The SMILES string of the molecule is O=C(c1c(F)cccc1F)N1CCN(Cc2nc3ccccc3s2)CC1. The van der Waals surface area contributed by atoms with Crippen molar-refractivity contribution in [2.75, 3.05) is 26.2 Å². The molecule has 2 heterocycles. The highest BCUT2D eigenvalue weighted by molar-refractivity contribution is 7.18. The summed E-state index contributed by atoms with van der Waals surface area (Å²) in [7, 11) is 0. The number of aromatic nitrogens is 1. The van der Waals surface area contributed by atoms with Crippen molar-refractivity contribution in [3.05, 3.63) is 64.7 Å². The van der Waals surface area contributed by atoms with Crippen molar-refractivity contribution in [2.24, 2.45) is 0 Å². The highest BCUT2D eigenvalue weighted by Crippen LogP contribution is 2.23. The van der Waals surface area contributed by atoms with Crippen LogP contribution in [-0.2, 0) is 6.54 Å². The molecule has 0 atom stereocenters. The lowest BCUT2D eigenvalue weighted by Crippen LogP contribution is -2.48. The van der Waals surface area contributed by atoms with Crippen LogP contribution in [0, 0.1) is 11.6 Å². The van der Waals surface area contributed by atoms with E-state index in [-0.39, 0.29) is 0 Å². The molecule has 0 radical (unpaired) electrons. The van der Waals surface area contributed by atoms with E-state index in [4.69, 9.17) is 0 Å². The standard InChI is InChI=1S/C19H17F2N3OS/c20-13-4-3-5-14(21)18(13)19(25)24-10-8-23(9-11-24)12-17-22-15-6-1-2-7-16(15)26-17/h1-7H,8-12H2. The summed E-state index contributed by atoms with van der Waals surface area (Å²) in [6, 6.07) is 11.5. The minimum Gasteiger partial charge on any atom is -0.336 e. The molecule has 1 aliphatic heterocycles. The van der Waals surface area contributed by atoms with Gasteiger partial charge in [0.2, 0.25) is 0 Å². The number of thiazole rings is 1. The third-order valence-electron chi connectivity index (χ3n) is 4.53. The highest BCUT2D eigenvalue weighted by atomic mass is 32.1. The molecule has 3 aromatic rings. The molecule has 2 aromatic carbocycles. The fraction of sp³-hybridized carbons (Fsp3) is 0.263. The molecular formula is C19H17F2N3OS. The van der Waals surface area contributed by atoms with Crippen LogP contribution in [0.5, 0.6) is 0 Å². The fourth-order valence-corrected chi connectivity index (χ4v) is 4.16. The molecule has 4 nitrogen and oxygen atoms in total. The van der Waals surface area contributed by atoms with Crippen molar-refractivity contribution in [2.45, 2.75) is 6.54 Å². The Kier molecular flexibility index (Phi) is 4.65. The third-order valence-corrected chi connectivity index (χ3v) is 5.55. The molecule has 134 valence electrons. The van der Waals surface area contributed by atoms with E-state index in [1.54, 1.807) is 11.3 Å². The van der Waals surface area contributed by atoms with Crippen LogP contribution in [0.4, 0.5) is 8.78 Å². The van der Waals surface area contributed by atoms with Crippen molar-refractivity contribution in [3.63, 3.8) is 0 Å². The number of para-hydroxylation sites is 1. The minimum absolute atomic E-state index is 0.442. The molecule has 1 amide bonds. The molecule has 1 saturated heterocycles. The lowest BCUT2D eigenvalue weighted by molar-refractivity contribution is 0.0619. The predicted octanol–water partition coefficient (Wildman–Crippen LogP) is 3.53. The second-order valence-corrected chi connectivity index (χ2v) is 7.36. The van der Waals surface area contributed by atoms with Gasteiger partial charge in [-0.25, -0.2) is 13.8 Å².